The molecule has 0 amide bonds. The number of ether oxygens (including phenoxy) is 2. The zero-order valence-corrected chi connectivity index (χ0v) is 43.7. The molecule has 382 valence electrons. The van der Waals surface area contributed by atoms with Crippen molar-refractivity contribution in [3.05, 3.63) is 72.9 Å². The maximum atomic E-state index is 12.3. The summed E-state index contributed by atoms with van der Waals surface area (Å²) < 4.78 is 10.7. The summed E-state index contributed by atoms with van der Waals surface area (Å²) in [6.45, 7) is 4.04. The van der Waals surface area contributed by atoms with Gasteiger partial charge in [0.2, 0.25) is 0 Å². The molecule has 5 heteroatoms. The standard InChI is InChI=1S/C61H108O5/c1-3-5-7-9-11-13-15-17-19-21-23-25-27-28-29-30-31-32-34-35-37-39-41-43-45-47-49-51-53-55-60(63)65-58-59(57-62)66-61(64)56-54-52-50-48-46-44-42-40-38-36-33-26-24-22-20-18-16-14-12-10-8-6-4-2/h6,8,12,14,18,20,24,26,36,38,42,44,59,62H,3-5,7,9-11,13,15-17,19,21-23,25,27-35,37,39-41,43,45-58H2,1-2H3/b8-6-,14-12-,20-18-,26-24-,38-36-,44-42-. The summed E-state index contributed by atoms with van der Waals surface area (Å²) in [4.78, 5) is 24.5. The third-order valence-electron chi connectivity index (χ3n) is 12.5. The van der Waals surface area contributed by atoms with Gasteiger partial charge in [-0.05, 0) is 64.2 Å². The second-order valence-corrected chi connectivity index (χ2v) is 19.0. The normalized spacial score (nSPS) is 12.7. The molecule has 0 aromatic heterocycles. The topological polar surface area (TPSA) is 72.8 Å². The molecular formula is C61H108O5. The molecule has 0 rings (SSSR count). The van der Waals surface area contributed by atoms with Crippen LogP contribution in [0, 0.1) is 0 Å². The highest BCUT2D eigenvalue weighted by Gasteiger charge is 2.16. The summed E-state index contributed by atoms with van der Waals surface area (Å²) >= 11 is 0. The van der Waals surface area contributed by atoms with E-state index in [2.05, 4.69) is 86.8 Å². The molecule has 0 saturated carbocycles. The molecule has 1 N–H and O–H groups in total. The van der Waals surface area contributed by atoms with Crippen LogP contribution in [0.15, 0.2) is 72.9 Å². The van der Waals surface area contributed by atoms with E-state index in [0.717, 1.165) is 89.9 Å². The molecule has 66 heavy (non-hydrogen) atoms. The fourth-order valence-electron chi connectivity index (χ4n) is 8.27. The molecule has 0 saturated heterocycles. The Labute approximate surface area is 410 Å². The molecule has 1 unspecified atom stereocenters. The van der Waals surface area contributed by atoms with Gasteiger partial charge in [-0.15, -0.1) is 0 Å². The average Bonchev–Trinajstić information content (AvgIpc) is 3.32. The van der Waals surface area contributed by atoms with Crippen molar-refractivity contribution >= 4 is 11.9 Å². The minimum Gasteiger partial charge on any atom is -0.462 e. The van der Waals surface area contributed by atoms with E-state index >= 15 is 0 Å². The molecule has 0 bridgehead atoms. The van der Waals surface area contributed by atoms with Gasteiger partial charge in [-0.1, -0.05) is 279 Å². The van der Waals surface area contributed by atoms with E-state index in [4.69, 9.17) is 9.47 Å². The van der Waals surface area contributed by atoms with Crippen LogP contribution in [-0.2, 0) is 19.1 Å². The van der Waals surface area contributed by atoms with Crippen molar-refractivity contribution in [2.45, 2.75) is 290 Å². The highest BCUT2D eigenvalue weighted by atomic mass is 16.6. The van der Waals surface area contributed by atoms with Gasteiger partial charge in [0.15, 0.2) is 6.10 Å². The Morgan fingerprint density at radius 2 is 0.652 bits per heavy atom. The van der Waals surface area contributed by atoms with Crippen LogP contribution in [-0.4, -0.2) is 36.4 Å². The van der Waals surface area contributed by atoms with Crippen molar-refractivity contribution in [3.8, 4) is 0 Å². The lowest BCUT2D eigenvalue weighted by atomic mass is 10.0. The Hall–Kier alpha value is -2.66. The Kier molecular flexibility index (Phi) is 54.4. The lowest BCUT2D eigenvalue weighted by Gasteiger charge is -2.15. The quantitative estimate of drug-likeness (QED) is 0.0374. The summed E-state index contributed by atoms with van der Waals surface area (Å²) in [5.41, 5.74) is 0. The van der Waals surface area contributed by atoms with Gasteiger partial charge in [0.25, 0.3) is 0 Å². The van der Waals surface area contributed by atoms with Gasteiger partial charge in [0.05, 0.1) is 6.61 Å². The van der Waals surface area contributed by atoms with Crippen LogP contribution in [0.3, 0.4) is 0 Å². The third kappa shape index (κ3) is 54.0. The van der Waals surface area contributed by atoms with Crippen molar-refractivity contribution in [2.75, 3.05) is 13.2 Å². The SMILES string of the molecule is CC/C=C\C/C=C\C/C=C\C/C=C\C/C=C\C/C=C\CCCCCCC(=O)OC(CO)COC(=O)CCCCCCCCCCCCCCCCCCCCCCCCCCCCCCC. The first-order valence-electron chi connectivity index (χ1n) is 28.5. The highest BCUT2D eigenvalue weighted by molar-refractivity contribution is 5.70. The molecule has 0 aromatic rings. The van der Waals surface area contributed by atoms with Crippen molar-refractivity contribution in [1.82, 2.24) is 0 Å². The number of aliphatic hydroxyl groups excluding tert-OH is 1. The predicted octanol–water partition coefficient (Wildman–Crippen LogP) is 19.2. The molecule has 0 aromatic carbocycles. The van der Waals surface area contributed by atoms with Gasteiger partial charge in [-0.2, -0.15) is 0 Å². The van der Waals surface area contributed by atoms with E-state index in [-0.39, 0.29) is 25.2 Å². The van der Waals surface area contributed by atoms with Gasteiger partial charge in [-0.3, -0.25) is 9.59 Å². The first kappa shape index (κ1) is 63.3. The van der Waals surface area contributed by atoms with Crippen LogP contribution >= 0.6 is 0 Å². The zero-order valence-electron chi connectivity index (χ0n) is 43.7. The van der Waals surface area contributed by atoms with Crippen LogP contribution in [0.25, 0.3) is 0 Å². The van der Waals surface area contributed by atoms with Crippen LogP contribution in [0.1, 0.15) is 284 Å². The smallest absolute Gasteiger partial charge is 0.306 e. The van der Waals surface area contributed by atoms with Crippen LogP contribution in [0.5, 0.6) is 0 Å². The lowest BCUT2D eigenvalue weighted by molar-refractivity contribution is -0.161. The Balaban J connectivity index is 3.50. The zero-order chi connectivity index (χ0) is 47.7. The molecule has 0 radical (unpaired) electrons. The molecule has 0 heterocycles. The van der Waals surface area contributed by atoms with Crippen molar-refractivity contribution < 1.29 is 24.2 Å². The summed E-state index contributed by atoms with van der Waals surface area (Å²) in [5.74, 6) is -0.612. The average molecular weight is 922 g/mol. The fraction of sp³-hybridized carbons (Fsp3) is 0.770. The van der Waals surface area contributed by atoms with Crippen molar-refractivity contribution in [1.29, 1.82) is 0 Å². The van der Waals surface area contributed by atoms with Gasteiger partial charge < -0.3 is 14.6 Å². The third-order valence-corrected chi connectivity index (χ3v) is 12.5. The fourth-order valence-corrected chi connectivity index (χ4v) is 8.27. The molecule has 0 aliphatic heterocycles. The monoisotopic (exact) mass is 921 g/mol. The Morgan fingerprint density at radius 1 is 0.364 bits per heavy atom. The maximum Gasteiger partial charge on any atom is 0.306 e. The number of unbranched alkanes of at least 4 members (excludes halogenated alkanes) is 32. The molecule has 0 aliphatic rings. The highest BCUT2D eigenvalue weighted by Crippen LogP contribution is 2.17. The number of rotatable bonds is 52. The summed E-state index contributed by atoms with van der Waals surface area (Å²) in [5, 5.41) is 9.65. The van der Waals surface area contributed by atoms with E-state index in [0.29, 0.717) is 12.8 Å². The molecule has 5 nitrogen and oxygen atoms in total. The van der Waals surface area contributed by atoms with Gasteiger partial charge in [-0.25, -0.2) is 0 Å². The number of esters is 2. The van der Waals surface area contributed by atoms with Crippen LogP contribution in [0.4, 0.5) is 0 Å². The number of carbonyl (C=O) groups excluding carboxylic acids is 2. The summed E-state index contributed by atoms with van der Waals surface area (Å²) in [6.07, 6.45) is 77.4. The van der Waals surface area contributed by atoms with E-state index in [1.807, 2.05) is 0 Å². The first-order valence-corrected chi connectivity index (χ1v) is 28.5. The predicted molar refractivity (Wildman–Crippen MR) is 288 cm³/mol. The minimum absolute atomic E-state index is 0.0768. The molecule has 1 atom stereocenters. The second-order valence-electron chi connectivity index (χ2n) is 19.0. The van der Waals surface area contributed by atoms with E-state index in [1.165, 1.54) is 167 Å². The molecular weight excluding hydrogens is 813 g/mol. The van der Waals surface area contributed by atoms with E-state index < -0.39 is 6.10 Å². The lowest BCUT2D eigenvalue weighted by Crippen LogP contribution is -2.28. The van der Waals surface area contributed by atoms with Crippen molar-refractivity contribution in [2.24, 2.45) is 0 Å². The Morgan fingerprint density at radius 3 is 0.985 bits per heavy atom. The number of hydrogen-bond acceptors (Lipinski definition) is 5. The number of allylic oxidation sites excluding steroid dienone is 12. The van der Waals surface area contributed by atoms with Gasteiger partial charge in [0, 0.05) is 12.8 Å². The van der Waals surface area contributed by atoms with Gasteiger partial charge in [0.1, 0.15) is 6.61 Å². The summed E-state index contributed by atoms with van der Waals surface area (Å²) in [7, 11) is 0. The number of carbonyl (C=O) groups is 2. The van der Waals surface area contributed by atoms with E-state index in [1.54, 1.807) is 0 Å². The van der Waals surface area contributed by atoms with E-state index in [9.17, 15) is 14.7 Å². The van der Waals surface area contributed by atoms with Crippen LogP contribution in [0.2, 0.25) is 0 Å². The number of hydrogen-bond donors (Lipinski definition) is 1. The maximum absolute atomic E-state index is 12.3. The molecule has 0 fully saturated rings. The second kappa shape index (κ2) is 56.7. The molecule has 0 aliphatic carbocycles. The summed E-state index contributed by atoms with van der Waals surface area (Å²) in [6, 6.07) is 0. The first-order chi connectivity index (χ1) is 32.6. The number of aliphatic hydroxyl groups is 1. The Bertz CT molecular complexity index is 1180. The molecule has 0 spiro atoms. The van der Waals surface area contributed by atoms with Crippen molar-refractivity contribution in [3.63, 3.8) is 0 Å². The van der Waals surface area contributed by atoms with Gasteiger partial charge >= 0.3 is 11.9 Å². The minimum atomic E-state index is -0.789. The van der Waals surface area contributed by atoms with Crippen LogP contribution < -0.4 is 0 Å². The largest absolute Gasteiger partial charge is 0.462 e.